The Labute approximate surface area is 106 Å². The third-order valence-electron chi connectivity index (χ3n) is 3.80. The lowest BCUT2D eigenvalue weighted by molar-refractivity contribution is 0.360. The Bertz CT molecular complexity index is 541. The highest BCUT2D eigenvalue weighted by atomic mass is 19.1. The zero-order chi connectivity index (χ0) is 12.5. The van der Waals surface area contributed by atoms with Crippen LogP contribution >= 0.6 is 0 Å². The van der Waals surface area contributed by atoms with Gasteiger partial charge in [-0.3, -0.25) is 0 Å². The molecule has 1 aromatic carbocycles. The van der Waals surface area contributed by atoms with Crippen molar-refractivity contribution in [2.24, 2.45) is 5.92 Å². The maximum absolute atomic E-state index is 13.1. The second-order valence-electron chi connectivity index (χ2n) is 5.35. The van der Waals surface area contributed by atoms with Crippen molar-refractivity contribution < 1.29 is 4.39 Å². The molecule has 3 rings (SSSR count). The quantitative estimate of drug-likeness (QED) is 0.849. The number of fused-ring (bicyclic) bond motifs is 1. The van der Waals surface area contributed by atoms with Gasteiger partial charge in [-0.1, -0.05) is 6.92 Å². The van der Waals surface area contributed by atoms with Crippen molar-refractivity contribution >= 4 is 17.0 Å². The number of anilines is 1. The number of nitrogens with one attached hydrogen (secondary N) is 2. The predicted molar refractivity (Wildman–Crippen MR) is 71.1 cm³/mol. The fourth-order valence-corrected chi connectivity index (χ4v) is 2.65. The molecule has 0 bridgehead atoms. The van der Waals surface area contributed by atoms with Crippen LogP contribution in [0.4, 0.5) is 10.3 Å². The van der Waals surface area contributed by atoms with E-state index >= 15 is 0 Å². The van der Waals surface area contributed by atoms with Crippen LogP contribution in [0, 0.1) is 11.7 Å². The number of aromatic amines is 1. The van der Waals surface area contributed by atoms with Crippen LogP contribution in [0.5, 0.6) is 0 Å². The lowest BCUT2D eigenvalue weighted by Crippen LogP contribution is -2.25. The van der Waals surface area contributed by atoms with Gasteiger partial charge in [-0.25, -0.2) is 9.37 Å². The monoisotopic (exact) mass is 247 g/mol. The molecule has 1 aliphatic carbocycles. The molecule has 2 aromatic rings. The maximum atomic E-state index is 13.1. The molecule has 1 aliphatic rings. The molecule has 3 nitrogen and oxygen atoms in total. The summed E-state index contributed by atoms with van der Waals surface area (Å²) >= 11 is 0. The smallest absolute Gasteiger partial charge is 0.201 e. The first-order chi connectivity index (χ1) is 8.70. The summed E-state index contributed by atoms with van der Waals surface area (Å²) in [4.78, 5) is 7.57. The molecular formula is C14H18FN3. The van der Waals surface area contributed by atoms with Crippen LogP contribution in [-0.2, 0) is 0 Å². The van der Waals surface area contributed by atoms with Crippen molar-refractivity contribution in [2.45, 2.75) is 38.6 Å². The van der Waals surface area contributed by atoms with Crippen molar-refractivity contribution in [1.29, 1.82) is 0 Å². The summed E-state index contributed by atoms with van der Waals surface area (Å²) < 4.78 is 13.1. The average molecular weight is 247 g/mol. The summed E-state index contributed by atoms with van der Waals surface area (Å²) in [7, 11) is 0. The Morgan fingerprint density at radius 2 is 2.06 bits per heavy atom. The van der Waals surface area contributed by atoms with Crippen LogP contribution in [0.3, 0.4) is 0 Å². The number of benzene rings is 1. The summed E-state index contributed by atoms with van der Waals surface area (Å²) in [6.45, 7) is 2.31. The number of nitrogens with zero attached hydrogens (tertiary/aromatic N) is 1. The second-order valence-corrected chi connectivity index (χ2v) is 5.35. The Morgan fingerprint density at radius 3 is 2.83 bits per heavy atom. The van der Waals surface area contributed by atoms with Crippen LogP contribution in [0.15, 0.2) is 18.2 Å². The molecule has 18 heavy (non-hydrogen) atoms. The second kappa shape index (κ2) is 4.59. The normalized spacial score (nSPS) is 24.3. The van der Waals surface area contributed by atoms with E-state index in [9.17, 15) is 4.39 Å². The lowest BCUT2D eigenvalue weighted by atomic mass is 9.87. The van der Waals surface area contributed by atoms with E-state index < -0.39 is 0 Å². The van der Waals surface area contributed by atoms with E-state index in [-0.39, 0.29) is 5.82 Å². The Kier molecular flexibility index (Phi) is 2.94. The van der Waals surface area contributed by atoms with Crippen molar-refractivity contribution in [2.75, 3.05) is 5.32 Å². The Morgan fingerprint density at radius 1 is 1.28 bits per heavy atom. The highest BCUT2D eigenvalue weighted by molar-refractivity contribution is 5.77. The van der Waals surface area contributed by atoms with Crippen LogP contribution < -0.4 is 5.32 Å². The molecular weight excluding hydrogens is 229 g/mol. The third-order valence-corrected chi connectivity index (χ3v) is 3.80. The highest BCUT2D eigenvalue weighted by Crippen LogP contribution is 2.26. The third kappa shape index (κ3) is 2.33. The van der Waals surface area contributed by atoms with Gasteiger partial charge in [0.25, 0.3) is 0 Å². The molecule has 1 heterocycles. The molecule has 0 unspecified atom stereocenters. The van der Waals surface area contributed by atoms with Crippen LogP contribution in [-0.4, -0.2) is 16.0 Å². The summed E-state index contributed by atoms with van der Waals surface area (Å²) in [5.74, 6) is 1.37. The van der Waals surface area contributed by atoms with E-state index in [2.05, 4.69) is 22.2 Å². The van der Waals surface area contributed by atoms with E-state index in [0.717, 1.165) is 22.9 Å². The number of H-pyrrole nitrogens is 1. The minimum Gasteiger partial charge on any atom is -0.353 e. The fourth-order valence-electron chi connectivity index (χ4n) is 2.65. The number of rotatable bonds is 2. The van der Waals surface area contributed by atoms with Gasteiger partial charge in [-0.05, 0) is 49.8 Å². The number of aromatic nitrogens is 2. The maximum Gasteiger partial charge on any atom is 0.201 e. The van der Waals surface area contributed by atoms with Crippen molar-refractivity contribution in [3.8, 4) is 0 Å². The van der Waals surface area contributed by atoms with Crippen molar-refractivity contribution in [3.05, 3.63) is 24.0 Å². The van der Waals surface area contributed by atoms with E-state index in [1.165, 1.54) is 37.8 Å². The molecule has 1 aromatic heterocycles. The largest absolute Gasteiger partial charge is 0.353 e. The minimum absolute atomic E-state index is 0.232. The highest BCUT2D eigenvalue weighted by Gasteiger charge is 2.18. The zero-order valence-corrected chi connectivity index (χ0v) is 10.5. The topological polar surface area (TPSA) is 40.7 Å². The first-order valence-corrected chi connectivity index (χ1v) is 6.62. The van der Waals surface area contributed by atoms with Gasteiger partial charge in [0.05, 0.1) is 11.0 Å². The van der Waals surface area contributed by atoms with E-state index in [1.54, 1.807) is 6.07 Å². The Hall–Kier alpha value is -1.58. The van der Waals surface area contributed by atoms with E-state index in [1.807, 2.05) is 0 Å². The summed E-state index contributed by atoms with van der Waals surface area (Å²) in [6.07, 6.45) is 4.91. The molecule has 0 atom stereocenters. The Balaban J connectivity index is 1.74. The average Bonchev–Trinajstić information content (AvgIpc) is 2.73. The van der Waals surface area contributed by atoms with Crippen LogP contribution in [0.1, 0.15) is 32.6 Å². The molecule has 2 N–H and O–H groups in total. The number of halogens is 1. The summed E-state index contributed by atoms with van der Waals surface area (Å²) in [5, 5.41) is 3.42. The van der Waals surface area contributed by atoms with Gasteiger partial charge in [0, 0.05) is 6.04 Å². The van der Waals surface area contributed by atoms with Gasteiger partial charge in [-0.15, -0.1) is 0 Å². The number of imidazole rings is 1. The minimum atomic E-state index is -0.232. The first kappa shape index (κ1) is 11.5. The van der Waals surface area contributed by atoms with Crippen molar-refractivity contribution in [3.63, 3.8) is 0 Å². The molecule has 96 valence electrons. The van der Waals surface area contributed by atoms with Gasteiger partial charge >= 0.3 is 0 Å². The van der Waals surface area contributed by atoms with Crippen LogP contribution in [0.2, 0.25) is 0 Å². The first-order valence-electron chi connectivity index (χ1n) is 6.62. The predicted octanol–water partition coefficient (Wildman–Crippen LogP) is 3.69. The van der Waals surface area contributed by atoms with E-state index in [0.29, 0.717) is 6.04 Å². The molecule has 4 heteroatoms. The molecule has 1 fully saturated rings. The van der Waals surface area contributed by atoms with Gasteiger partial charge in [0.1, 0.15) is 5.82 Å². The van der Waals surface area contributed by atoms with Gasteiger partial charge in [-0.2, -0.15) is 0 Å². The van der Waals surface area contributed by atoms with Crippen LogP contribution in [0.25, 0.3) is 11.0 Å². The molecule has 1 saturated carbocycles. The van der Waals surface area contributed by atoms with E-state index in [4.69, 9.17) is 0 Å². The molecule has 0 spiro atoms. The standard InChI is InChI=1S/C14H18FN3/c1-9-2-5-11(6-3-9)16-14-17-12-7-4-10(15)8-13(12)18-14/h4,7-9,11H,2-3,5-6H2,1H3,(H2,16,17,18). The molecule has 0 radical (unpaired) electrons. The summed E-state index contributed by atoms with van der Waals surface area (Å²) in [6, 6.07) is 5.12. The van der Waals surface area contributed by atoms with Gasteiger partial charge in [0.15, 0.2) is 0 Å². The van der Waals surface area contributed by atoms with Gasteiger partial charge < -0.3 is 10.3 Å². The number of hydrogen-bond donors (Lipinski definition) is 2. The molecule has 0 saturated heterocycles. The molecule has 0 amide bonds. The van der Waals surface area contributed by atoms with Gasteiger partial charge in [0.2, 0.25) is 5.95 Å². The SMILES string of the molecule is CC1CCC(Nc2nc3ccc(F)cc3[nH]2)CC1. The molecule has 0 aliphatic heterocycles. The zero-order valence-electron chi connectivity index (χ0n) is 10.5. The number of hydrogen-bond acceptors (Lipinski definition) is 2. The lowest BCUT2D eigenvalue weighted by Gasteiger charge is -2.26. The summed E-state index contributed by atoms with van der Waals surface area (Å²) in [5.41, 5.74) is 1.56. The van der Waals surface area contributed by atoms with Crippen molar-refractivity contribution in [1.82, 2.24) is 9.97 Å². The fraction of sp³-hybridized carbons (Fsp3) is 0.500.